The molecule has 0 radical (unpaired) electrons. The Morgan fingerprint density at radius 3 is 2.63 bits per heavy atom. The smallest absolute Gasteiger partial charge is 0.269 e. The van der Waals surface area contributed by atoms with Gasteiger partial charge in [-0.25, -0.2) is 0 Å². The highest BCUT2D eigenvalue weighted by molar-refractivity contribution is 5.91. The summed E-state index contributed by atoms with van der Waals surface area (Å²) in [4.78, 5) is 10.3. The largest absolute Gasteiger partial charge is 0.488 e. The van der Waals surface area contributed by atoms with E-state index in [0.717, 1.165) is 11.1 Å². The van der Waals surface area contributed by atoms with Crippen LogP contribution in [-0.2, 0) is 6.61 Å². The third-order valence-corrected chi connectivity index (χ3v) is 4.56. The van der Waals surface area contributed by atoms with Crippen LogP contribution in [-0.4, -0.2) is 11.7 Å². The second-order valence-corrected chi connectivity index (χ2v) is 6.49. The van der Waals surface area contributed by atoms with Crippen LogP contribution >= 0.6 is 0 Å². The molecule has 1 aliphatic rings. The van der Waals surface area contributed by atoms with Crippen LogP contribution < -0.4 is 14.2 Å². The normalized spacial score (nSPS) is 12.3. The SMILES string of the molecule is N#C/C(=C\c1ccccc1OCc1ccc([N+](=O)[O-])cc1)c1ccc2c(c1)OCO2. The number of benzene rings is 3. The summed E-state index contributed by atoms with van der Waals surface area (Å²) in [6.07, 6.45) is 1.75. The van der Waals surface area contributed by atoms with Crippen LogP contribution in [0.1, 0.15) is 16.7 Å². The molecule has 0 aromatic heterocycles. The van der Waals surface area contributed by atoms with E-state index in [0.29, 0.717) is 28.4 Å². The van der Waals surface area contributed by atoms with Crippen molar-refractivity contribution in [3.05, 3.63) is 93.5 Å². The first-order chi connectivity index (χ1) is 14.6. The molecule has 0 bridgehead atoms. The number of rotatable bonds is 6. The first kappa shape index (κ1) is 19.0. The topological polar surface area (TPSA) is 94.6 Å². The average Bonchev–Trinajstić information content (AvgIpc) is 3.25. The molecule has 0 N–H and O–H groups in total. The number of nitro groups is 1. The van der Waals surface area contributed by atoms with Gasteiger partial charge in [0.25, 0.3) is 5.69 Å². The molecular formula is C23H16N2O5. The summed E-state index contributed by atoms with van der Waals surface area (Å²) in [6, 6.07) is 21.2. The lowest BCUT2D eigenvalue weighted by Crippen LogP contribution is -1.97. The van der Waals surface area contributed by atoms with Crippen molar-refractivity contribution >= 4 is 17.3 Å². The quantitative estimate of drug-likeness (QED) is 0.251. The molecule has 0 spiro atoms. The molecule has 0 atom stereocenters. The summed E-state index contributed by atoms with van der Waals surface area (Å²) in [5.41, 5.74) is 2.75. The molecule has 0 aliphatic carbocycles. The van der Waals surface area contributed by atoms with Crippen molar-refractivity contribution in [2.24, 2.45) is 0 Å². The Kier molecular flexibility index (Phi) is 5.31. The molecule has 3 aromatic carbocycles. The van der Waals surface area contributed by atoms with Crippen LogP contribution in [0.2, 0.25) is 0 Å². The second-order valence-electron chi connectivity index (χ2n) is 6.49. The lowest BCUT2D eigenvalue weighted by Gasteiger charge is -2.10. The number of ether oxygens (including phenoxy) is 3. The van der Waals surface area contributed by atoms with Crippen LogP contribution in [0.15, 0.2) is 66.7 Å². The molecule has 0 unspecified atom stereocenters. The zero-order valence-electron chi connectivity index (χ0n) is 15.8. The number of hydrogen-bond acceptors (Lipinski definition) is 6. The summed E-state index contributed by atoms with van der Waals surface area (Å²) in [6.45, 7) is 0.415. The van der Waals surface area contributed by atoms with Gasteiger partial charge in [0.1, 0.15) is 12.4 Å². The van der Waals surface area contributed by atoms with E-state index in [1.807, 2.05) is 30.3 Å². The van der Waals surface area contributed by atoms with E-state index in [1.165, 1.54) is 12.1 Å². The van der Waals surface area contributed by atoms with Crippen LogP contribution in [0, 0.1) is 21.4 Å². The third-order valence-electron chi connectivity index (χ3n) is 4.56. The molecule has 1 heterocycles. The van der Waals surface area contributed by atoms with Gasteiger partial charge in [-0.1, -0.05) is 18.2 Å². The summed E-state index contributed by atoms with van der Waals surface area (Å²) < 4.78 is 16.6. The molecule has 148 valence electrons. The molecule has 4 rings (SSSR count). The summed E-state index contributed by atoms with van der Waals surface area (Å²) in [7, 11) is 0. The van der Waals surface area contributed by atoms with Crippen molar-refractivity contribution in [3.63, 3.8) is 0 Å². The Hall–Kier alpha value is -4.31. The molecule has 30 heavy (non-hydrogen) atoms. The lowest BCUT2D eigenvalue weighted by molar-refractivity contribution is -0.384. The van der Waals surface area contributed by atoms with Gasteiger partial charge in [-0.15, -0.1) is 0 Å². The molecule has 0 saturated carbocycles. The van der Waals surface area contributed by atoms with E-state index in [9.17, 15) is 15.4 Å². The summed E-state index contributed by atoms with van der Waals surface area (Å²) in [5, 5.41) is 20.4. The van der Waals surface area contributed by atoms with E-state index in [-0.39, 0.29) is 19.1 Å². The lowest BCUT2D eigenvalue weighted by atomic mass is 10.0. The minimum absolute atomic E-state index is 0.0319. The van der Waals surface area contributed by atoms with Crippen molar-refractivity contribution in [2.75, 3.05) is 6.79 Å². The Morgan fingerprint density at radius 2 is 1.87 bits per heavy atom. The Balaban J connectivity index is 1.56. The Bertz CT molecular complexity index is 1160. The van der Waals surface area contributed by atoms with Gasteiger partial charge in [0.2, 0.25) is 6.79 Å². The molecule has 0 fully saturated rings. The van der Waals surface area contributed by atoms with Crippen molar-refractivity contribution in [2.45, 2.75) is 6.61 Å². The predicted molar refractivity (Wildman–Crippen MR) is 110 cm³/mol. The van der Waals surface area contributed by atoms with Gasteiger partial charge < -0.3 is 14.2 Å². The van der Waals surface area contributed by atoms with E-state index in [2.05, 4.69) is 6.07 Å². The van der Waals surface area contributed by atoms with E-state index < -0.39 is 4.92 Å². The Labute approximate surface area is 172 Å². The van der Waals surface area contributed by atoms with Gasteiger partial charge in [-0.2, -0.15) is 5.26 Å². The number of hydrogen-bond donors (Lipinski definition) is 0. The fourth-order valence-electron chi connectivity index (χ4n) is 3.01. The first-order valence-corrected chi connectivity index (χ1v) is 9.11. The molecule has 1 aliphatic heterocycles. The molecule has 0 amide bonds. The third kappa shape index (κ3) is 4.08. The zero-order valence-corrected chi connectivity index (χ0v) is 15.8. The van der Waals surface area contributed by atoms with Gasteiger partial charge >= 0.3 is 0 Å². The van der Waals surface area contributed by atoms with Crippen molar-refractivity contribution in [1.82, 2.24) is 0 Å². The summed E-state index contributed by atoms with van der Waals surface area (Å²) in [5.74, 6) is 1.86. The highest BCUT2D eigenvalue weighted by Crippen LogP contribution is 2.35. The number of nitrogens with zero attached hydrogens (tertiary/aromatic N) is 2. The fraction of sp³-hybridized carbons (Fsp3) is 0.0870. The number of para-hydroxylation sites is 1. The van der Waals surface area contributed by atoms with Crippen molar-refractivity contribution in [3.8, 4) is 23.3 Å². The van der Waals surface area contributed by atoms with Gasteiger partial charge in [-0.3, -0.25) is 10.1 Å². The van der Waals surface area contributed by atoms with Crippen LogP contribution in [0.4, 0.5) is 5.69 Å². The maximum atomic E-state index is 10.8. The zero-order chi connectivity index (χ0) is 20.9. The van der Waals surface area contributed by atoms with E-state index in [4.69, 9.17) is 14.2 Å². The molecule has 7 nitrogen and oxygen atoms in total. The number of nitriles is 1. The number of allylic oxidation sites excluding steroid dienone is 1. The number of fused-ring (bicyclic) bond motifs is 1. The van der Waals surface area contributed by atoms with Crippen LogP contribution in [0.5, 0.6) is 17.2 Å². The number of non-ortho nitro benzene ring substituents is 1. The second kappa shape index (κ2) is 8.37. The molecular weight excluding hydrogens is 384 g/mol. The summed E-state index contributed by atoms with van der Waals surface area (Å²) >= 11 is 0. The minimum Gasteiger partial charge on any atom is -0.488 e. The standard InChI is InChI=1S/C23H16N2O5/c24-13-19(17-7-10-22-23(12-17)30-15-29-22)11-18-3-1-2-4-21(18)28-14-16-5-8-20(9-6-16)25(26)27/h1-12H,14-15H2/b19-11+. The average molecular weight is 400 g/mol. The van der Waals surface area contributed by atoms with Gasteiger partial charge in [0.05, 0.1) is 16.6 Å². The van der Waals surface area contributed by atoms with Gasteiger partial charge in [0.15, 0.2) is 11.5 Å². The van der Waals surface area contributed by atoms with E-state index >= 15 is 0 Å². The highest BCUT2D eigenvalue weighted by Gasteiger charge is 2.15. The van der Waals surface area contributed by atoms with Crippen LogP contribution in [0.25, 0.3) is 11.6 Å². The molecule has 7 heteroatoms. The first-order valence-electron chi connectivity index (χ1n) is 9.11. The monoisotopic (exact) mass is 400 g/mol. The van der Waals surface area contributed by atoms with Gasteiger partial charge in [0, 0.05) is 17.7 Å². The number of nitro benzene ring substituents is 1. The molecule has 0 saturated heterocycles. The maximum absolute atomic E-state index is 10.8. The van der Waals surface area contributed by atoms with Crippen LogP contribution in [0.3, 0.4) is 0 Å². The highest BCUT2D eigenvalue weighted by atomic mass is 16.7. The van der Waals surface area contributed by atoms with Crippen molar-refractivity contribution < 1.29 is 19.1 Å². The van der Waals surface area contributed by atoms with Crippen molar-refractivity contribution in [1.29, 1.82) is 5.26 Å². The minimum atomic E-state index is -0.440. The predicted octanol–water partition coefficient (Wildman–Crippen LogP) is 4.97. The maximum Gasteiger partial charge on any atom is 0.269 e. The van der Waals surface area contributed by atoms with E-state index in [1.54, 1.807) is 30.3 Å². The van der Waals surface area contributed by atoms with Gasteiger partial charge in [-0.05, 0) is 53.6 Å². The molecule has 3 aromatic rings. The Morgan fingerprint density at radius 1 is 1.10 bits per heavy atom. The fourth-order valence-corrected chi connectivity index (χ4v) is 3.01.